The fourth-order valence-electron chi connectivity index (χ4n) is 2.90. The number of urea groups is 1. The minimum absolute atomic E-state index is 0.100. The lowest BCUT2D eigenvalue weighted by molar-refractivity contribution is 0.157. The second-order valence-electron chi connectivity index (χ2n) is 5.91. The summed E-state index contributed by atoms with van der Waals surface area (Å²) in [5.41, 5.74) is 0.283. The average Bonchev–Trinajstić information content (AvgIpc) is 3.03. The summed E-state index contributed by atoms with van der Waals surface area (Å²) in [7, 11) is 0. The lowest BCUT2D eigenvalue weighted by Gasteiger charge is -2.22. The normalized spacial score (nSPS) is 17.5. The Morgan fingerprint density at radius 2 is 2.29 bits per heavy atom. The molecule has 0 unspecified atom stereocenters. The molecule has 0 aromatic heterocycles. The van der Waals surface area contributed by atoms with Crippen molar-refractivity contribution in [2.75, 3.05) is 31.6 Å². The van der Waals surface area contributed by atoms with E-state index in [2.05, 4.69) is 15.5 Å². The maximum absolute atomic E-state index is 13.2. The summed E-state index contributed by atoms with van der Waals surface area (Å²) in [6.45, 7) is 2.71. The lowest BCUT2D eigenvalue weighted by Crippen LogP contribution is -2.34. The molecule has 1 aliphatic rings. The molecule has 2 rings (SSSR count). The predicted molar refractivity (Wildman–Crippen MR) is 89.1 cm³/mol. The van der Waals surface area contributed by atoms with Crippen molar-refractivity contribution in [3.8, 4) is 6.07 Å². The SMILES string of the molecule is N#Cc1cc(NC(=O)NCCCCN2CCC[C@H]2CO)ccc1F. The van der Waals surface area contributed by atoms with E-state index in [4.69, 9.17) is 5.26 Å². The molecule has 1 atom stereocenters. The van der Waals surface area contributed by atoms with Gasteiger partial charge in [0.2, 0.25) is 0 Å². The van der Waals surface area contributed by atoms with E-state index < -0.39 is 5.82 Å². The number of benzene rings is 1. The number of rotatable bonds is 7. The van der Waals surface area contributed by atoms with E-state index in [0.717, 1.165) is 44.8 Å². The van der Waals surface area contributed by atoms with Gasteiger partial charge in [0.25, 0.3) is 0 Å². The smallest absolute Gasteiger partial charge is 0.319 e. The van der Waals surface area contributed by atoms with Crippen LogP contribution in [0.5, 0.6) is 0 Å². The standard InChI is InChI=1S/C17H23FN4O2/c18-16-6-5-14(10-13(16)11-19)21-17(24)20-7-1-2-8-22-9-3-4-15(22)12-23/h5-6,10,15,23H,1-4,7-9,12H2,(H2,20,21,24)/t15-/m0/s1. The number of nitrogens with one attached hydrogen (secondary N) is 2. The van der Waals surface area contributed by atoms with Crippen LogP contribution in [0.15, 0.2) is 18.2 Å². The van der Waals surface area contributed by atoms with Crippen molar-refractivity contribution in [3.05, 3.63) is 29.6 Å². The van der Waals surface area contributed by atoms with Crippen LogP contribution in [0.3, 0.4) is 0 Å². The summed E-state index contributed by atoms with van der Waals surface area (Å²) in [6.07, 6.45) is 3.98. The first-order valence-corrected chi connectivity index (χ1v) is 8.23. The van der Waals surface area contributed by atoms with Crippen molar-refractivity contribution in [2.24, 2.45) is 0 Å². The van der Waals surface area contributed by atoms with Crippen molar-refractivity contribution in [2.45, 2.75) is 31.7 Å². The predicted octanol–water partition coefficient (Wildman–Crippen LogP) is 2.06. The molecule has 0 bridgehead atoms. The number of hydrogen-bond acceptors (Lipinski definition) is 4. The number of aliphatic hydroxyl groups is 1. The fourth-order valence-corrected chi connectivity index (χ4v) is 2.90. The highest BCUT2D eigenvalue weighted by Crippen LogP contribution is 2.17. The average molecular weight is 334 g/mol. The van der Waals surface area contributed by atoms with Gasteiger partial charge in [-0.25, -0.2) is 9.18 Å². The van der Waals surface area contributed by atoms with Crippen LogP contribution in [0.25, 0.3) is 0 Å². The minimum atomic E-state index is -0.605. The minimum Gasteiger partial charge on any atom is -0.395 e. The van der Waals surface area contributed by atoms with Crippen LogP contribution in [0.1, 0.15) is 31.2 Å². The van der Waals surface area contributed by atoms with E-state index in [1.807, 2.05) is 0 Å². The molecule has 3 N–H and O–H groups in total. The molecule has 1 aliphatic heterocycles. The molecular formula is C17H23FN4O2. The summed E-state index contributed by atoms with van der Waals surface area (Å²) in [5.74, 6) is -0.605. The van der Waals surface area contributed by atoms with Crippen molar-refractivity contribution < 1.29 is 14.3 Å². The first-order chi connectivity index (χ1) is 11.6. The number of aliphatic hydroxyl groups excluding tert-OH is 1. The van der Waals surface area contributed by atoms with Gasteiger partial charge in [0, 0.05) is 18.3 Å². The van der Waals surface area contributed by atoms with Gasteiger partial charge in [-0.15, -0.1) is 0 Å². The number of halogens is 1. The van der Waals surface area contributed by atoms with Gasteiger partial charge in [-0.1, -0.05) is 0 Å². The zero-order valence-electron chi connectivity index (χ0n) is 13.6. The third-order valence-corrected chi connectivity index (χ3v) is 4.21. The molecule has 1 aromatic rings. The number of carbonyl (C=O) groups is 1. The van der Waals surface area contributed by atoms with Crippen LogP contribution in [0, 0.1) is 17.1 Å². The molecule has 130 valence electrons. The zero-order valence-corrected chi connectivity index (χ0v) is 13.6. The molecule has 1 fully saturated rings. The monoisotopic (exact) mass is 334 g/mol. The van der Waals surface area contributed by atoms with Gasteiger partial charge in [0.15, 0.2) is 0 Å². The van der Waals surface area contributed by atoms with E-state index in [1.165, 1.54) is 12.1 Å². The Morgan fingerprint density at radius 1 is 1.46 bits per heavy atom. The van der Waals surface area contributed by atoms with Crippen molar-refractivity contribution in [3.63, 3.8) is 0 Å². The van der Waals surface area contributed by atoms with E-state index in [-0.39, 0.29) is 24.2 Å². The van der Waals surface area contributed by atoms with Gasteiger partial charge in [0.1, 0.15) is 11.9 Å². The molecule has 1 saturated heterocycles. The number of likely N-dealkylation sites (tertiary alicyclic amines) is 1. The summed E-state index contributed by atoms with van der Waals surface area (Å²) in [6, 6.07) is 5.52. The van der Waals surface area contributed by atoms with Crippen molar-refractivity contribution in [1.29, 1.82) is 5.26 Å². The Hall–Kier alpha value is -2.17. The molecule has 0 radical (unpaired) electrons. The number of hydrogen-bond donors (Lipinski definition) is 3. The van der Waals surface area contributed by atoms with Gasteiger partial charge in [-0.3, -0.25) is 4.90 Å². The Labute approximate surface area is 141 Å². The van der Waals surface area contributed by atoms with Crippen LogP contribution in [0.2, 0.25) is 0 Å². The molecule has 1 heterocycles. The Bertz CT molecular complexity index is 603. The molecule has 7 heteroatoms. The van der Waals surface area contributed by atoms with Gasteiger partial charge in [-0.05, 0) is 57.0 Å². The fraction of sp³-hybridized carbons (Fsp3) is 0.529. The molecule has 1 aromatic carbocycles. The quantitative estimate of drug-likeness (QED) is 0.666. The highest BCUT2D eigenvalue weighted by atomic mass is 19.1. The molecule has 2 amide bonds. The van der Waals surface area contributed by atoms with E-state index in [1.54, 1.807) is 6.07 Å². The summed E-state index contributed by atoms with van der Waals surface area (Å²) >= 11 is 0. The molecular weight excluding hydrogens is 311 g/mol. The molecule has 24 heavy (non-hydrogen) atoms. The van der Waals surface area contributed by atoms with Crippen LogP contribution in [0.4, 0.5) is 14.9 Å². The second-order valence-corrected chi connectivity index (χ2v) is 5.91. The van der Waals surface area contributed by atoms with E-state index in [9.17, 15) is 14.3 Å². The van der Waals surface area contributed by atoms with Gasteiger partial charge >= 0.3 is 6.03 Å². The highest BCUT2D eigenvalue weighted by Gasteiger charge is 2.22. The maximum atomic E-state index is 13.2. The number of nitriles is 1. The Kier molecular flexibility index (Phi) is 6.97. The van der Waals surface area contributed by atoms with Crippen LogP contribution >= 0.6 is 0 Å². The van der Waals surface area contributed by atoms with Gasteiger partial charge in [0.05, 0.1) is 12.2 Å². The molecule has 0 spiro atoms. The number of nitrogens with zero attached hydrogens (tertiary/aromatic N) is 2. The summed E-state index contributed by atoms with van der Waals surface area (Å²) in [4.78, 5) is 14.1. The third-order valence-electron chi connectivity index (χ3n) is 4.21. The van der Waals surface area contributed by atoms with Crippen molar-refractivity contribution in [1.82, 2.24) is 10.2 Å². The second kappa shape index (κ2) is 9.21. The van der Waals surface area contributed by atoms with E-state index in [0.29, 0.717) is 12.2 Å². The highest BCUT2D eigenvalue weighted by molar-refractivity contribution is 5.89. The molecule has 0 saturated carbocycles. The number of carbonyl (C=O) groups excluding carboxylic acids is 1. The largest absolute Gasteiger partial charge is 0.395 e. The number of anilines is 1. The zero-order chi connectivity index (χ0) is 17.4. The third kappa shape index (κ3) is 5.18. The van der Waals surface area contributed by atoms with E-state index >= 15 is 0 Å². The summed E-state index contributed by atoms with van der Waals surface area (Å²) < 4.78 is 13.2. The topological polar surface area (TPSA) is 88.4 Å². The Morgan fingerprint density at radius 3 is 3.04 bits per heavy atom. The lowest BCUT2D eigenvalue weighted by atomic mass is 10.2. The number of amides is 2. The first kappa shape index (κ1) is 18.2. The van der Waals surface area contributed by atoms with Crippen LogP contribution in [-0.2, 0) is 0 Å². The Balaban J connectivity index is 1.64. The molecule has 6 nitrogen and oxygen atoms in total. The van der Waals surface area contributed by atoms with Gasteiger partial charge < -0.3 is 15.7 Å². The van der Waals surface area contributed by atoms with Crippen LogP contribution in [-0.4, -0.2) is 48.3 Å². The number of unbranched alkanes of at least 4 members (excludes halogenated alkanes) is 1. The first-order valence-electron chi connectivity index (χ1n) is 8.23. The molecule has 0 aliphatic carbocycles. The van der Waals surface area contributed by atoms with Crippen molar-refractivity contribution >= 4 is 11.7 Å². The van der Waals surface area contributed by atoms with Gasteiger partial charge in [-0.2, -0.15) is 5.26 Å². The van der Waals surface area contributed by atoms with Crippen LogP contribution < -0.4 is 10.6 Å². The summed E-state index contributed by atoms with van der Waals surface area (Å²) in [5, 5.41) is 23.3. The maximum Gasteiger partial charge on any atom is 0.319 e.